The molecule has 0 radical (unpaired) electrons. The molecular weight excluding hydrogens is 433 g/mol. The lowest BCUT2D eigenvalue weighted by Gasteiger charge is -2.47. The van der Waals surface area contributed by atoms with E-state index in [1.165, 1.54) is 0 Å². The number of alkyl halides is 3. The normalized spacial score (nSPS) is 28.1. The maximum atomic E-state index is 13.3. The van der Waals surface area contributed by atoms with Crippen molar-refractivity contribution in [3.05, 3.63) is 71.8 Å². The summed E-state index contributed by atoms with van der Waals surface area (Å²) in [5, 5.41) is -0.505. The zero-order valence-electron chi connectivity index (χ0n) is 15.6. The molecule has 0 bridgehead atoms. The second-order valence-electron chi connectivity index (χ2n) is 7.44. The van der Waals surface area contributed by atoms with Gasteiger partial charge in [0.15, 0.2) is 0 Å². The number of hydrogen-bond acceptors (Lipinski definition) is 3. The third kappa shape index (κ3) is 3.13. The molecule has 1 unspecified atom stereocenters. The summed E-state index contributed by atoms with van der Waals surface area (Å²) in [6.45, 7) is 0.0520. The molecule has 29 heavy (non-hydrogen) atoms. The summed E-state index contributed by atoms with van der Waals surface area (Å²) in [5.74, 6) is -0.680. The predicted octanol–water partition coefficient (Wildman–Crippen LogP) is 5.44. The summed E-state index contributed by atoms with van der Waals surface area (Å²) in [5.41, 5.74) is 0.463. The van der Waals surface area contributed by atoms with E-state index >= 15 is 0 Å². The predicted molar refractivity (Wildman–Crippen MR) is 113 cm³/mol. The topological polar surface area (TPSA) is 46.6 Å². The Morgan fingerprint density at radius 3 is 2.31 bits per heavy atom. The van der Waals surface area contributed by atoms with Crippen molar-refractivity contribution >= 4 is 46.8 Å². The fourth-order valence-corrected chi connectivity index (χ4v) is 6.25. The van der Waals surface area contributed by atoms with Gasteiger partial charge in [-0.2, -0.15) is 0 Å². The number of rotatable bonds is 3. The average Bonchev–Trinajstić information content (AvgIpc) is 2.92. The minimum atomic E-state index is -1.88. The van der Waals surface area contributed by atoms with Crippen LogP contribution in [0.2, 0.25) is 0 Å². The van der Waals surface area contributed by atoms with Gasteiger partial charge < -0.3 is 4.74 Å². The van der Waals surface area contributed by atoms with Gasteiger partial charge in [-0.1, -0.05) is 83.9 Å². The van der Waals surface area contributed by atoms with Crippen molar-refractivity contribution < 1.29 is 14.3 Å². The first-order chi connectivity index (χ1) is 13.9. The minimum Gasteiger partial charge on any atom is -0.444 e. The molecule has 0 aromatic heterocycles. The summed E-state index contributed by atoms with van der Waals surface area (Å²) >= 11 is 20.2. The monoisotopic (exact) mass is 451 g/mol. The van der Waals surface area contributed by atoms with Gasteiger partial charge in [-0.25, -0.2) is 9.69 Å². The molecule has 152 valence electrons. The first-order valence-electron chi connectivity index (χ1n) is 9.52. The SMILES string of the molecule is O=C(OCc1ccccc1)N1C(=O)C(Cl)(Cl)[C@@]2(c3ccccc3)C(Cl)CCC[C@@H]12. The van der Waals surface area contributed by atoms with Crippen LogP contribution >= 0.6 is 34.8 Å². The summed E-state index contributed by atoms with van der Waals surface area (Å²) in [7, 11) is 0. The Hall–Kier alpha value is -1.75. The minimum absolute atomic E-state index is 0.0520. The standard InChI is InChI=1S/C22H20Cl3NO3/c23-17-12-7-13-18-21(17,16-10-5-2-6-11-16)22(24,25)19(27)26(18)20(28)29-14-15-8-3-1-4-9-15/h1-6,8-11,17-18H,7,12-14H2/t17?,18-,21+/m1/s1. The Morgan fingerprint density at radius 2 is 1.66 bits per heavy atom. The lowest BCUT2D eigenvalue weighted by Crippen LogP contribution is -2.57. The van der Waals surface area contributed by atoms with Crippen LogP contribution in [0.1, 0.15) is 30.4 Å². The summed E-state index contributed by atoms with van der Waals surface area (Å²) in [6.07, 6.45) is 1.21. The van der Waals surface area contributed by atoms with E-state index in [1.54, 1.807) is 0 Å². The summed E-state index contributed by atoms with van der Waals surface area (Å²) in [4.78, 5) is 27.3. The van der Waals surface area contributed by atoms with Crippen molar-refractivity contribution in [2.75, 3.05) is 0 Å². The van der Waals surface area contributed by atoms with Crippen LogP contribution in [-0.4, -0.2) is 32.7 Å². The number of carbonyl (C=O) groups is 2. The molecule has 0 N–H and O–H groups in total. The summed E-state index contributed by atoms with van der Waals surface area (Å²) in [6, 6.07) is 18.0. The van der Waals surface area contributed by atoms with E-state index in [9.17, 15) is 9.59 Å². The first-order valence-corrected chi connectivity index (χ1v) is 10.7. The van der Waals surface area contributed by atoms with Crippen molar-refractivity contribution in [1.29, 1.82) is 0 Å². The Kier molecular flexibility index (Phi) is 5.54. The van der Waals surface area contributed by atoms with Gasteiger partial charge in [0.05, 0.1) is 11.5 Å². The summed E-state index contributed by atoms with van der Waals surface area (Å²) < 4.78 is 3.57. The van der Waals surface area contributed by atoms with Crippen molar-refractivity contribution in [2.24, 2.45) is 0 Å². The fourth-order valence-electron chi connectivity index (χ4n) is 4.63. The molecule has 2 aromatic carbocycles. The van der Waals surface area contributed by atoms with E-state index in [2.05, 4.69) is 0 Å². The van der Waals surface area contributed by atoms with Crippen LogP contribution in [-0.2, 0) is 21.6 Å². The largest absolute Gasteiger partial charge is 0.444 e. The number of nitrogens with zero attached hydrogens (tertiary/aromatic N) is 1. The quantitative estimate of drug-likeness (QED) is 0.583. The van der Waals surface area contributed by atoms with Gasteiger partial charge in [-0.05, 0) is 30.4 Å². The van der Waals surface area contributed by atoms with Crippen LogP contribution in [0.4, 0.5) is 4.79 Å². The van der Waals surface area contributed by atoms with Crippen LogP contribution < -0.4 is 0 Å². The highest BCUT2D eigenvalue weighted by Gasteiger charge is 2.73. The van der Waals surface area contributed by atoms with E-state index in [4.69, 9.17) is 39.5 Å². The number of benzene rings is 2. The molecule has 1 aliphatic heterocycles. The Morgan fingerprint density at radius 1 is 1.03 bits per heavy atom. The average molecular weight is 453 g/mol. The van der Waals surface area contributed by atoms with E-state index in [1.807, 2.05) is 60.7 Å². The zero-order chi connectivity index (χ0) is 20.6. The number of hydrogen-bond donors (Lipinski definition) is 0. The number of ether oxygens (including phenoxy) is 1. The van der Waals surface area contributed by atoms with Gasteiger partial charge in [0.2, 0.25) is 4.33 Å². The van der Waals surface area contributed by atoms with Crippen LogP contribution in [0, 0.1) is 0 Å². The van der Waals surface area contributed by atoms with Gasteiger partial charge in [0.25, 0.3) is 5.91 Å². The molecule has 1 aliphatic carbocycles. The lowest BCUT2D eigenvalue weighted by molar-refractivity contribution is -0.128. The van der Waals surface area contributed by atoms with Gasteiger partial charge in [-0.15, -0.1) is 11.6 Å². The van der Waals surface area contributed by atoms with Crippen molar-refractivity contribution in [3.8, 4) is 0 Å². The molecule has 2 amide bonds. The molecule has 1 saturated carbocycles. The Balaban J connectivity index is 1.71. The first kappa shape index (κ1) is 20.5. The number of halogens is 3. The molecule has 1 heterocycles. The van der Waals surface area contributed by atoms with Crippen molar-refractivity contribution in [2.45, 2.75) is 47.0 Å². The highest BCUT2D eigenvalue weighted by Crippen LogP contribution is 2.60. The van der Waals surface area contributed by atoms with Crippen LogP contribution in [0.25, 0.3) is 0 Å². The third-order valence-corrected chi connectivity index (χ3v) is 7.44. The maximum Gasteiger partial charge on any atom is 0.417 e. The van der Waals surface area contributed by atoms with Gasteiger partial charge in [0.1, 0.15) is 6.61 Å². The number of fused-ring (bicyclic) bond motifs is 1. The van der Waals surface area contributed by atoms with Crippen LogP contribution in [0.3, 0.4) is 0 Å². The molecule has 4 nitrogen and oxygen atoms in total. The zero-order valence-corrected chi connectivity index (χ0v) is 17.8. The molecule has 7 heteroatoms. The highest BCUT2D eigenvalue weighted by atomic mass is 35.5. The van der Waals surface area contributed by atoms with Crippen molar-refractivity contribution in [1.82, 2.24) is 4.90 Å². The smallest absolute Gasteiger partial charge is 0.417 e. The second-order valence-corrected chi connectivity index (χ2v) is 9.29. The third-order valence-electron chi connectivity index (χ3n) is 5.93. The Bertz CT molecular complexity index is 906. The van der Waals surface area contributed by atoms with E-state index in [-0.39, 0.29) is 6.61 Å². The molecular formula is C22H20Cl3NO3. The molecule has 2 aliphatic rings. The molecule has 3 atom stereocenters. The van der Waals surface area contributed by atoms with Crippen molar-refractivity contribution in [3.63, 3.8) is 0 Å². The number of likely N-dealkylation sites (tertiary alicyclic amines) is 1. The fraction of sp³-hybridized carbons (Fsp3) is 0.364. The van der Waals surface area contributed by atoms with Gasteiger partial charge in [0, 0.05) is 5.38 Å². The van der Waals surface area contributed by atoms with E-state index < -0.39 is 33.2 Å². The number of amides is 2. The number of carbonyl (C=O) groups excluding carboxylic acids is 2. The Labute approximate surface area is 184 Å². The maximum absolute atomic E-state index is 13.3. The number of imide groups is 1. The van der Waals surface area contributed by atoms with Crippen LogP contribution in [0.15, 0.2) is 60.7 Å². The van der Waals surface area contributed by atoms with E-state index in [0.29, 0.717) is 12.8 Å². The molecule has 4 rings (SSSR count). The molecule has 2 fully saturated rings. The highest BCUT2D eigenvalue weighted by molar-refractivity contribution is 6.60. The molecule has 0 spiro atoms. The van der Waals surface area contributed by atoms with E-state index in [0.717, 1.165) is 22.4 Å². The molecule has 1 saturated heterocycles. The van der Waals surface area contributed by atoms with Gasteiger partial charge in [-0.3, -0.25) is 4.79 Å². The second kappa shape index (κ2) is 7.82. The molecule has 2 aromatic rings. The van der Waals surface area contributed by atoms with Gasteiger partial charge >= 0.3 is 6.09 Å². The van der Waals surface area contributed by atoms with Crippen LogP contribution in [0.5, 0.6) is 0 Å². The lowest BCUT2D eigenvalue weighted by atomic mass is 9.65.